The number of hydrogen-bond acceptors (Lipinski definition) is 6. The van der Waals surface area contributed by atoms with Crippen LogP contribution in [0.4, 0.5) is 0 Å². The molecule has 8 heteroatoms. The predicted octanol–water partition coefficient (Wildman–Crippen LogP) is 2.03. The van der Waals surface area contributed by atoms with E-state index < -0.39 is 5.60 Å². The molecule has 1 amide bonds. The highest BCUT2D eigenvalue weighted by Crippen LogP contribution is 2.37. The monoisotopic (exact) mass is 420 g/mol. The van der Waals surface area contributed by atoms with Gasteiger partial charge in [0.25, 0.3) is 0 Å². The van der Waals surface area contributed by atoms with Gasteiger partial charge in [0.2, 0.25) is 5.91 Å². The van der Waals surface area contributed by atoms with Gasteiger partial charge in [0.1, 0.15) is 17.4 Å². The van der Waals surface area contributed by atoms with Crippen molar-refractivity contribution >= 4 is 5.91 Å². The van der Waals surface area contributed by atoms with E-state index in [0.717, 1.165) is 70.6 Å². The fourth-order valence-corrected chi connectivity index (χ4v) is 5.29. The van der Waals surface area contributed by atoms with E-state index in [2.05, 4.69) is 15.6 Å². The molecule has 1 aliphatic heterocycles. The molecule has 1 aromatic heterocycles. The van der Waals surface area contributed by atoms with E-state index in [1.807, 2.05) is 6.20 Å². The van der Waals surface area contributed by atoms with Crippen LogP contribution < -0.4 is 5.32 Å². The standard InChI is InChI=1S/C22H36N4O4/c27-15-19-18(23-21(28)16-6-2-1-3-7-16)9-8-17(30-19)10-13-26-14-20(24-25-26)22(29)11-4-5-12-22/h14,16-19,27,29H,1-13,15H2,(H,23,28)/t17-,18-,19+/m1/s1. The normalized spacial score (nSPS) is 29.7. The Morgan fingerprint density at radius 3 is 2.67 bits per heavy atom. The van der Waals surface area contributed by atoms with Gasteiger partial charge in [-0.25, -0.2) is 0 Å². The molecular formula is C22H36N4O4. The van der Waals surface area contributed by atoms with Crippen molar-refractivity contribution in [1.29, 1.82) is 0 Å². The van der Waals surface area contributed by atoms with Crippen LogP contribution in [0.25, 0.3) is 0 Å². The van der Waals surface area contributed by atoms with Crippen molar-refractivity contribution in [3.05, 3.63) is 11.9 Å². The summed E-state index contributed by atoms with van der Waals surface area (Å²) in [5, 5.41) is 32.0. The predicted molar refractivity (Wildman–Crippen MR) is 110 cm³/mol. The van der Waals surface area contributed by atoms with Gasteiger partial charge in [-0.05, 0) is 44.9 Å². The maximum absolute atomic E-state index is 12.6. The number of aliphatic hydroxyl groups is 2. The maximum Gasteiger partial charge on any atom is 0.223 e. The second-order valence-corrected chi connectivity index (χ2v) is 9.40. The minimum Gasteiger partial charge on any atom is -0.394 e. The average Bonchev–Trinajstić information content (AvgIpc) is 3.44. The highest BCUT2D eigenvalue weighted by molar-refractivity contribution is 5.79. The van der Waals surface area contributed by atoms with Gasteiger partial charge in [0, 0.05) is 12.5 Å². The van der Waals surface area contributed by atoms with Crippen LogP contribution >= 0.6 is 0 Å². The number of aliphatic hydroxyl groups excluding tert-OH is 1. The Bertz CT molecular complexity index is 697. The zero-order valence-corrected chi connectivity index (χ0v) is 17.8. The van der Waals surface area contributed by atoms with Crippen LogP contribution in [0.15, 0.2) is 6.20 Å². The van der Waals surface area contributed by atoms with E-state index in [1.54, 1.807) is 4.68 Å². The van der Waals surface area contributed by atoms with Gasteiger partial charge in [0.15, 0.2) is 0 Å². The van der Waals surface area contributed by atoms with Gasteiger partial charge in [-0.15, -0.1) is 5.10 Å². The quantitative estimate of drug-likeness (QED) is 0.623. The number of aromatic nitrogens is 3. The van der Waals surface area contributed by atoms with Crippen LogP contribution in [-0.2, 0) is 21.7 Å². The molecule has 3 atom stereocenters. The smallest absolute Gasteiger partial charge is 0.223 e. The molecule has 0 radical (unpaired) electrons. The van der Waals surface area contributed by atoms with Crippen molar-refractivity contribution in [3.63, 3.8) is 0 Å². The lowest BCUT2D eigenvalue weighted by molar-refractivity contribution is -0.133. The Labute approximate surface area is 178 Å². The van der Waals surface area contributed by atoms with Crippen LogP contribution in [0.1, 0.15) is 82.7 Å². The molecule has 0 bridgehead atoms. The van der Waals surface area contributed by atoms with Crippen LogP contribution in [0.5, 0.6) is 0 Å². The number of amides is 1. The molecule has 168 valence electrons. The summed E-state index contributed by atoms with van der Waals surface area (Å²) in [6.45, 7) is 0.567. The molecule has 2 saturated carbocycles. The van der Waals surface area contributed by atoms with Gasteiger partial charge >= 0.3 is 0 Å². The van der Waals surface area contributed by atoms with Gasteiger partial charge in [0.05, 0.1) is 24.9 Å². The number of hydrogen-bond donors (Lipinski definition) is 3. The van der Waals surface area contributed by atoms with Crippen molar-refractivity contribution in [2.45, 2.75) is 107 Å². The molecule has 8 nitrogen and oxygen atoms in total. The maximum atomic E-state index is 12.6. The highest BCUT2D eigenvalue weighted by Gasteiger charge is 2.36. The average molecular weight is 421 g/mol. The minimum absolute atomic E-state index is 0.0206. The largest absolute Gasteiger partial charge is 0.394 e. The Hall–Kier alpha value is -1.51. The van der Waals surface area contributed by atoms with Gasteiger partial charge in [-0.2, -0.15) is 0 Å². The minimum atomic E-state index is -0.814. The Morgan fingerprint density at radius 1 is 1.17 bits per heavy atom. The number of aryl methyl sites for hydroxylation is 1. The van der Waals surface area contributed by atoms with E-state index >= 15 is 0 Å². The lowest BCUT2D eigenvalue weighted by Crippen LogP contribution is -2.52. The van der Waals surface area contributed by atoms with Crippen LogP contribution in [-0.4, -0.2) is 56.0 Å². The van der Waals surface area contributed by atoms with Crippen LogP contribution in [0.3, 0.4) is 0 Å². The van der Waals surface area contributed by atoms with E-state index in [4.69, 9.17) is 4.74 Å². The summed E-state index contributed by atoms with van der Waals surface area (Å²) < 4.78 is 7.89. The van der Waals surface area contributed by atoms with Crippen LogP contribution in [0, 0.1) is 5.92 Å². The summed E-state index contributed by atoms with van der Waals surface area (Å²) in [6, 6.07) is -0.115. The first-order valence-corrected chi connectivity index (χ1v) is 11.8. The summed E-state index contributed by atoms with van der Waals surface area (Å²) in [4.78, 5) is 12.6. The summed E-state index contributed by atoms with van der Waals surface area (Å²) in [6.07, 6.45) is 12.9. The first kappa shape index (κ1) is 21.7. The van der Waals surface area contributed by atoms with Gasteiger partial charge < -0.3 is 20.3 Å². The number of nitrogens with zero attached hydrogens (tertiary/aromatic N) is 3. The lowest BCUT2D eigenvalue weighted by Gasteiger charge is -2.37. The van der Waals surface area contributed by atoms with E-state index in [9.17, 15) is 15.0 Å². The number of ether oxygens (including phenoxy) is 1. The molecule has 0 spiro atoms. The fraction of sp³-hybridized carbons (Fsp3) is 0.864. The third-order valence-electron chi connectivity index (χ3n) is 7.23. The Morgan fingerprint density at radius 2 is 1.93 bits per heavy atom. The molecule has 4 rings (SSSR count). The molecule has 0 aromatic carbocycles. The fourth-order valence-electron chi connectivity index (χ4n) is 5.29. The zero-order chi connectivity index (χ0) is 21.0. The van der Waals surface area contributed by atoms with Crippen molar-refractivity contribution < 1.29 is 19.7 Å². The number of rotatable bonds is 7. The molecule has 3 fully saturated rings. The van der Waals surface area contributed by atoms with Crippen molar-refractivity contribution in [2.75, 3.05) is 6.61 Å². The number of carbonyl (C=O) groups is 1. The molecule has 1 saturated heterocycles. The van der Waals surface area contributed by atoms with Crippen LogP contribution in [0.2, 0.25) is 0 Å². The topological polar surface area (TPSA) is 110 Å². The van der Waals surface area contributed by atoms with Crippen molar-refractivity contribution in [1.82, 2.24) is 20.3 Å². The zero-order valence-electron chi connectivity index (χ0n) is 17.8. The third kappa shape index (κ3) is 5.03. The second-order valence-electron chi connectivity index (χ2n) is 9.40. The molecule has 3 N–H and O–H groups in total. The van der Waals surface area contributed by atoms with E-state index in [-0.39, 0.29) is 36.7 Å². The first-order valence-electron chi connectivity index (χ1n) is 11.8. The third-order valence-corrected chi connectivity index (χ3v) is 7.23. The number of nitrogens with one attached hydrogen (secondary N) is 1. The van der Waals surface area contributed by atoms with E-state index in [1.165, 1.54) is 6.42 Å². The van der Waals surface area contributed by atoms with Crippen molar-refractivity contribution in [2.24, 2.45) is 5.92 Å². The molecule has 30 heavy (non-hydrogen) atoms. The second kappa shape index (κ2) is 9.75. The summed E-state index contributed by atoms with van der Waals surface area (Å²) >= 11 is 0. The summed E-state index contributed by atoms with van der Waals surface area (Å²) in [5.41, 5.74) is -0.144. The molecular weight excluding hydrogens is 384 g/mol. The van der Waals surface area contributed by atoms with Crippen molar-refractivity contribution in [3.8, 4) is 0 Å². The highest BCUT2D eigenvalue weighted by atomic mass is 16.5. The van der Waals surface area contributed by atoms with Gasteiger partial charge in [-0.3, -0.25) is 9.48 Å². The summed E-state index contributed by atoms with van der Waals surface area (Å²) in [5.74, 6) is 0.243. The molecule has 2 aliphatic carbocycles. The Balaban J connectivity index is 1.25. The van der Waals surface area contributed by atoms with Gasteiger partial charge in [-0.1, -0.05) is 37.3 Å². The molecule has 3 aliphatic rings. The SMILES string of the molecule is O=C(N[C@@H]1CC[C@H](CCn2cc(C3(O)CCCC3)nn2)O[C@H]1CO)C1CCCCC1. The summed E-state index contributed by atoms with van der Waals surface area (Å²) in [7, 11) is 0. The first-order chi connectivity index (χ1) is 14.6. The Kier molecular flexibility index (Phi) is 7.05. The molecule has 0 unspecified atom stereocenters. The molecule has 1 aromatic rings. The molecule has 2 heterocycles. The lowest BCUT2D eigenvalue weighted by atomic mass is 9.88. The van der Waals surface area contributed by atoms with E-state index in [0.29, 0.717) is 12.2 Å². The number of carbonyl (C=O) groups excluding carboxylic acids is 1.